The maximum Gasteiger partial charge on any atom is 0.0446 e. The van der Waals surface area contributed by atoms with Gasteiger partial charge in [-0.15, -0.1) is 12.4 Å². The predicted octanol–water partition coefficient (Wildman–Crippen LogP) is 1.99. The molecule has 0 spiro atoms. The second-order valence-electron chi connectivity index (χ2n) is 1.76. The zero-order chi connectivity index (χ0) is 6.53. The van der Waals surface area contributed by atoms with E-state index in [4.69, 9.17) is 4.55 Å². The van der Waals surface area contributed by atoms with Gasteiger partial charge in [-0.1, -0.05) is 30.3 Å². The largest absolute Gasteiger partial charge is 0.412 e. The van der Waals surface area contributed by atoms with Crippen molar-refractivity contribution in [1.29, 1.82) is 0 Å². The molecule has 0 amide bonds. The van der Waals surface area contributed by atoms with Crippen LogP contribution in [0.15, 0.2) is 30.3 Å². The molecule has 0 bridgehead atoms. The molecule has 1 rings (SSSR count). The van der Waals surface area contributed by atoms with Gasteiger partial charge in [0.15, 0.2) is 0 Å². The topological polar surface area (TPSA) is 51.7 Å². The number of benzene rings is 1. The van der Waals surface area contributed by atoms with Gasteiger partial charge >= 0.3 is 0 Å². The monoisotopic (exact) mass is 194 g/mol. The minimum Gasteiger partial charge on any atom is -0.412 e. The van der Waals surface area contributed by atoms with E-state index >= 15 is 0 Å². The molecule has 1 aromatic rings. The molecule has 0 saturated carbocycles. The van der Waals surface area contributed by atoms with Crippen LogP contribution in [0, 0.1) is 0 Å². The van der Waals surface area contributed by atoms with Crippen molar-refractivity contribution in [1.82, 2.24) is 0 Å². The maximum absolute atomic E-state index is 8.44. The molecule has 0 fully saturated rings. The lowest BCUT2D eigenvalue weighted by atomic mass is 10.2. The van der Waals surface area contributed by atoms with Gasteiger partial charge in [-0.05, 0) is 17.6 Å². The van der Waals surface area contributed by atoms with Crippen molar-refractivity contribution >= 4 is 24.4 Å². The summed E-state index contributed by atoms with van der Waals surface area (Å²) in [7, 11) is 0. The first-order valence-electron chi connectivity index (χ1n) is 2.74. The molecule has 0 unspecified atom stereocenters. The van der Waals surface area contributed by atoms with Crippen LogP contribution in [-0.2, 0) is 5.75 Å². The standard InChI is InChI=1S/C7H8OS.ClH.H2O/c8-9-6-7-4-2-1-3-5-7;;/h1-5,8H,6H2;1H;1H2. The first-order valence-corrected chi connectivity index (χ1v) is 3.68. The van der Waals surface area contributed by atoms with Crippen LogP contribution in [-0.4, -0.2) is 10.0 Å². The number of hydrogen-bond acceptors (Lipinski definition) is 2. The summed E-state index contributed by atoms with van der Waals surface area (Å²) < 4.78 is 8.44. The van der Waals surface area contributed by atoms with E-state index in [0.29, 0.717) is 5.75 Å². The van der Waals surface area contributed by atoms with Crippen LogP contribution in [0.2, 0.25) is 0 Å². The molecule has 4 heteroatoms. The number of rotatable bonds is 2. The lowest BCUT2D eigenvalue weighted by Gasteiger charge is -1.92. The number of halogens is 1. The fourth-order valence-corrected chi connectivity index (χ4v) is 0.990. The minimum atomic E-state index is 0. The van der Waals surface area contributed by atoms with E-state index in [0.717, 1.165) is 17.6 Å². The summed E-state index contributed by atoms with van der Waals surface area (Å²) in [5.41, 5.74) is 1.16. The van der Waals surface area contributed by atoms with Crippen LogP contribution in [0.4, 0.5) is 0 Å². The van der Waals surface area contributed by atoms with Gasteiger partial charge in [0, 0.05) is 5.75 Å². The van der Waals surface area contributed by atoms with Crippen LogP contribution < -0.4 is 0 Å². The Balaban J connectivity index is 0. The van der Waals surface area contributed by atoms with Crippen molar-refractivity contribution in [3.63, 3.8) is 0 Å². The molecule has 64 valence electrons. The molecular weight excluding hydrogens is 184 g/mol. The quantitative estimate of drug-likeness (QED) is 0.733. The molecule has 0 aliphatic carbocycles. The van der Waals surface area contributed by atoms with E-state index in [1.54, 1.807) is 0 Å². The first-order chi connectivity index (χ1) is 4.43. The molecule has 2 nitrogen and oxygen atoms in total. The Hall–Kier alpha value is -0.220. The molecule has 11 heavy (non-hydrogen) atoms. The van der Waals surface area contributed by atoms with Crippen molar-refractivity contribution in [2.45, 2.75) is 5.75 Å². The van der Waals surface area contributed by atoms with Crippen LogP contribution >= 0.6 is 24.4 Å². The van der Waals surface area contributed by atoms with Crippen molar-refractivity contribution in [3.8, 4) is 0 Å². The van der Waals surface area contributed by atoms with E-state index in [-0.39, 0.29) is 17.9 Å². The highest BCUT2D eigenvalue weighted by Gasteiger charge is 1.86. The van der Waals surface area contributed by atoms with Gasteiger partial charge in [-0.25, -0.2) is 0 Å². The second-order valence-corrected chi connectivity index (χ2v) is 2.31. The highest BCUT2D eigenvalue weighted by molar-refractivity contribution is 7.92. The smallest absolute Gasteiger partial charge is 0.0446 e. The highest BCUT2D eigenvalue weighted by Crippen LogP contribution is 2.06. The molecule has 0 radical (unpaired) electrons. The Morgan fingerprint density at radius 3 is 2.18 bits per heavy atom. The van der Waals surface area contributed by atoms with Crippen LogP contribution in [0.1, 0.15) is 5.56 Å². The van der Waals surface area contributed by atoms with Crippen molar-refractivity contribution in [2.75, 3.05) is 0 Å². The van der Waals surface area contributed by atoms with Gasteiger partial charge in [-0.3, -0.25) is 0 Å². The Morgan fingerprint density at radius 1 is 1.18 bits per heavy atom. The highest BCUT2D eigenvalue weighted by atomic mass is 35.5. The summed E-state index contributed by atoms with van der Waals surface area (Å²) in [4.78, 5) is 0. The summed E-state index contributed by atoms with van der Waals surface area (Å²) in [6, 6.07) is 9.87. The molecule has 3 N–H and O–H groups in total. The minimum absolute atomic E-state index is 0. The Morgan fingerprint density at radius 2 is 1.73 bits per heavy atom. The van der Waals surface area contributed by atoms with Crippen LogP contribution in [0.3, 0.4) is 0 Å². The van der Waals surface area contributed by atoms with E-state index in [1.807, 2.05) is 30.3 Å². The zero-order valence-electron chi connectivity index (χ0n) is 5.86. The van der Waals surface area contributed by atoms with Gasteiger partial charge in [0.2, 0.25) is 0 Å². The van der Waals surface area contributed by atoms with Gasteiger partial charge < -0.3 is 10.0 Å². The molecule has 0 aromatic heterocycles. The van der Waals surface area contributed by atoms with E-state index < -0.39 is 0 Å². The second kappa shape index (κ2) is 7.88. The Bertz CT molecular complexity index is 169. The van der Waals surface area contributed by atoms with Crippen LogP contribution in [0.5, 0.6) is 0 Å². The Labute approximate surface area is 76.6 Å². The van der Waals surface area contributed by atoms with E-state index in [1.165, 1.54) is 0 Å². The maximum atomic E-state index is 8.44. The summed E-state index contributed by atoms with van der Waals surface area (Å²) in [5, 5.41) is 0. The number of hydrogen-bond donors (Lipinski definition) is 1. The molecule has 0 aliphatic heterocycles. The fourth-order valence-electron chi connectivity index (χ4n) is 0.649. The summed E-state index contributed by atoms with van der Waals surface area (Å²) >= 11 is 0.855. The van der Waals surface area contributed by atoms with Crippen molar-refractivity contribution < 1.29 is 10.0 Å². The third kappa shape index (κ3) is 5.09. The lowest BCUT2D eigenvalue weighted by Crippen LogP contribution is -1.75. The predicted molar refractivity (Wildman–Crippen MR) is 51.2 cm³/mol. The molecule has 0 saturated heterocycles. The molecule has 0 atom stereocenters. The third-order valence-corrected chi connectivity index (χ3v) is 1.54. The average molecular weight is 195 g/mol. The van der Waals surface area contributed by atoms with Crippen molar-refractivity contribution in [3.05, 3.63) is 35.9 Å². The zero-order valence-corrected chi connectivity index (χ0v) is 7.49. The molecule has 1 aromatic carbocycles. The normalized spacial score (nSPS) is 7.73. The van der Waals surface area contributed by atoms with E-state index in [2.05, 4.69) is 0 Å². The third-order valence-electron chi connectivity index (χ3n) is 1.07. The van der Waals surface area contributed by atoms with Gasteiger partial charge in [0.05, 0.1) is 0 Å². The molecule has 0 heterocycles. The van der Waals surface area contributed by atoms with Gasteiger partial charge in [0.1, 0.15) is 0 Å². The summed E-state index contributed by atoms with van der Waals surface area (Å²) in [6.45, 7) is 0. The van der Waals surface area contributed by atoms with E-state index in [9.17, 15) is 0 Å². The summed E-state index contributed by atoms with van der Waals surface area (Å²) in [5.74, 6) is 0.681. The lowest BCUT2D eigenvalue weighted by molar-refractivity contribution is 0.663. The first kappa shape index (κ1) is 13.4. The van der Waals surface area contributed by atoms with Crippen LogP contribution in [0.25, 0.3) is 0 Å². The average Bonchev–Trinajstić information content (AvgIpc) is 1.91. The van der Waals surface area contributed by atoms with Crippen molar-refractivity contribution in [2.24, 2.45) is 0 Å². The molecule has 0 aliphatic rings. The van der Waals surface area contributed by atoms with Gasteiger partial charge in [0.25, 0.3) is 0 Å². The fraction of sp³-hybridized carbons (Fsp3) is 0.143. The SMILES string of the molecule is Cl.O.OSCc1ccccc1. The molecular formula is C7H11ClO2S. The summed E-state index contributed by atoms with van der Waals surface area (Å²) in [6.07, 6.45) is 0. The van der Waals surface area contributed by atoms with Gasteiger partial charge in [-0.2, -0.15) is 0 Å². The Kier molecular flexibility index (Phi) is 9.58.